The molecule has 0 amide bonds. The molecule has 2 heterocycles. The zero-order valence-electron chi connectivity index (χ0n) is 14.3. The molecular formula is C21H20NO2S+. The Kier molecular flexibility index (Phi) is 4.15. The van der Waals surface area contributed by atoms with Crippen LogP contribution in [0.3, 0.4) is 0 Å². The van der Waals surface area contributed by atoms with Crippen molar-refractivity contribution in [1.82, 2.24) is 0 Å². The first kappa shape index (κ1) is 16.1. The highest BCUT2D eigenvalue weighted by Gasteiger charge is 2.14. The van der Waals surface area contributed by atoms with E-state index < -0.39 is 0 Å². The summed E-state index contributed by atoms with van der Waals surface area (Å²) in [6.45, 7) is 3.89. The van der Waals surface area contributed by atoms with Crippen molar-refractivity contribution in [3.05, 3.63) is 80.3 Å². The molecule has 0 aliphatic heterocycles. The molecule has 4 heteroatoms. The summed E-state index contributed by atoms with van der Waals surface area (Å²) < 4.78 is 5.45. The van der Waals surface area contributed by atoms with Crippen LogP contribution >= 0.6 is 11.3 Å². The summed E-state index contributed by atoms with van der Waals surface area (Å²) in [5.41, 5.74) is 2.78. The zero-order valence-corrected chi connectivity index (χ0v) is 15.2. The van der Waals surface area contributed by atoms with Crippen molar-refractivity contribution in [2.75, 3.05) is 7.05 Å². The first-order valence-corrected chi connectivity index (χ1v) is 9.28. The Morgan fingerprint density at radius 3 is 2.72 bits per heavy atom. The van der Waals surface area contributed by atoms with Crippen molar-refractivity contribution in [2.24, 2.45) is 0 Å². The predicted octanol–water partition coefficient (Wildman–Crippen LogP) is 3.53. The molecule has 0 bridgehead atoms. The molecule has 25 heavy (non-hydrogen) atoms. The first-order chi connectivity index (χ1) is 12.1. The molecule has 4 aromatic rings. The number of hydrogen-bond donors (Lipinski definition) is 1. The quantitative estimate of drug-likeness (QED) is 0.451. The average Bonchev–Trinajstić information content (AvgIpc) is 2.99. The fourth-order valence-electron chi connectivity index (χ4n) is 3.41. The van der Waals surface area contributed by atoms with Gasteiger partial charge in [0.25, 0.3) is 0 Å². The molecule has 0 saturated heterocycles. The van der Waals surface area contributed by atoms with E-state index >= 15 is 0 Å². The van der Waals surface area contributed by atoms with E-state index in [9.17, 15) is 4.79 Å². The maximum atomic E-state index is 12.0. The average molecular weight is 350 g/mol. The Bertz CT molecular complexity index is 1110. The van der Waals surface area contributed by atoms with Gasteiger partial charge < -0.3 is 9.32 Å². The number of quaternary nitrogens is 1. The van der Waals surface area contributed by atoms with Gasteiger partial charge in [-0.3, -0.25) is 0 Å². The second-order valence-corrected chi connectivity index (χ2v) is 7.59. The molecule has 4 rings (SSSR count). The van der Waals surface area contributed by atoms with Crippen molar-refractivity contribution in [1.29, 1.82) is 0 Å². The second kappa shape index (κ2) is 6.47. The number of nitrogens with one attached hydrogen (secondary N) is 1. The maximum Gasteiger partial charge on any atom is 0.336 e. The number of aryl methyl sites for hydroxylation is 1. The van der Waals surface area contributed by atoms with Crippen molar-refractivity contribution in [3.8, 4) is 0 Å². The van der Waals surface area contributed by atoms with Crippen LogP contribution in [0.2, 0.25) is 0 Å². The number of fused-ring (bicyclic) bond motifs is 3. The number of thiophene rings is 1. The largest absolute Gasteiger partial charge is 0.423 e. The van der Waals surface area contributed by atoms with E-state index in [0.717, 1.165) is 34.8 Å². The fraction of sp³-hybridized carbons (Fsp3) is 0.190. The smallest absolute Gasteiger partial charge is 0.336 e. The van der Waals surface area contributed by atoms with Crippen LogP contribution in [-0.2, 0) is 13.1 Å². The van der Waals surface area contributed by atoms with Gasteiger partial charge in [0.15, 0.2) is 0 Å². The molecule has 1 unspecified atom stereocenters. The zero-order chi connectivity index (χ0) is 17.4. The summed E-state index contributed by atoms with van der Waals surface area (Å²) in [5, 5.41) is 5.49. The molecule has 2 aromatic heterocycles. The van der Waals surface area contributed by atoms with Gasteiger partial charge in [0.2, 0.25) is 0 Å². The second-order valence-electron chi connectivity index (χ2n) is 6.59. The van der Waals surface area contributed by atoms with Crippen molar-refractivity contribution in [3.63, 3.8) is 0 Å². The number of hydrogen-bond acceptors (Lipinski definition) is 3. The van der Waals surface area contributed by atoms with E-state index in [1.54, 1.807) is 17.4 Å². The lowest BCUT2D eigenvalue weighted by molar-refractivity contribution is -0.907. The van der Waals surface area contributed by atoms with Gasteiger partial charge in [-0.15, -0.1) is 11.3 Å². The van der Waals surface area contributed by atoms with Crippen molar-refractivity contribution < 1.29 is 9.32 Å². The third kappa shape index (κ3) is 3.11. The van der Waals surface area contributed by atoms with Crippen molar-refractivity contribution in [2.45, 2.75) is 20.0 Å². The van der Waals surface area contributed by atoms with Crippen LogP contribution in [-0.4, -0.2) is 7.05 Å². The molecule has 2 aromatic carbocycles. The predicted molar refractivity (Wildman–Crippen MR) is 103 cm³/mol. The van der Waals surface area contributed by atoms with E-state index in [0.29, 0.717) is 5.58 Å². The summed E-state index contributed by atoms with van der Waals surface area (Å²) in [6.07, 6.45) is 0. The fourth-order valence-corrected chi connectivity index (χ4v) is 4.43. The van der Waals surface area contributed by atoms with Crippen LogP contribution in [0.25, 0.3) is 21.7 Å². The molecule has 0 fully saturated rings. The Morgan fingerprint density at radius 1 is 1.08 bits per heavy atom. The van der Waals surface area contributed by atoms with Gasteiger partial charge in [-0.2, -0.15) is 0 Å². The van der Waals surface area contributed by atoms with Crippen LogP contribution < -0.4 is 10.5 Å². The highest BCUT2D eigenvalue weighted by Crippen LogP contribution is 2.27. The highest BCUT2D eigenvalue weighted by atomic mass is 32.1. The minimum absolute atomic E-state index is 0.280. The Morgan fingerprint density at radius 2 is 1.92 bits per heavy atom. The van der Waals surface area contributed by atoms with E-state index in [-0.39, 0.29) is 5.63 Å². The normalized spacial score (nSPS) is 12.7. The topological polar surface area (TPSA) is 34.7 Å². The van der Waals surface area contributed by atoms with E-state index in [2.05, 4.69) is 37.6 Å². The molecule has 126 valence electrons. The minimum atomic E-state index is -0.280. The summed E-state index contributed by atoms with van der Waals surface area (Å²) in [5.74, 6) is 0. The Labute approximate surface area is 150 Å². The van der Waals surface area contributed by atoms with Gasteiger partial charge in [-0.05, 0) is 40.8 Å². The third-order valence-corrected chi connectivity index (χ3v) is 5.66. The minimum Gasteiger partial charge on any atom is -0.423 e. The standard InChI is InChI=1S/C21H19NO2S/c1-14-9-10-25-19(14)13-22(2)12-16-11-20(23)24-18-8-7-15-5-3-4-6-17(15)21(16)18/h3-11H,12-13H2,1-2H3/p+1. The van der Waals surface area contributed by atoms with Crippen LogP contribution in [0, 0.1) is 6.92 Å². The van der Waals surface area contributed by atoms with Gasteiger partial charge in [-0.1, -0.05) is 30.3 Å². The van der Waals surface area contributed by atoms with Gasteiger partial charge in [0.05, 0.1) is 11.9 Å². The summed E-state index contributed by atoms with van der Waals surface area (Å²) in [4.78, 5) is 14.8. The first-order valence-electron chi connectivity index (χ1n) is 8.40. The van der Waals surface area contributed by atoms with E-state index in [1.807, 2.05) is 24.3 Å². The lowest BCUT2D eigenvalue weighted by Gasteiger charge is -2.15. The van der Waals surface area contributed by atoms with Gasteiger partial charge in [-0.25, -0.2) is 4.79 Å². The molecule has 0 aliphatic rings. The SMILES string of the molecule is Cc1ccsc1C[NH+](C)Cc1cc(=O)oc2ccc3ccccc3c12. The summed E-state index contributed by atoms with van der Waals surface area (Å²) in [7, 11) is 2.17. The molecule has 0 saturated carbocycles. The third-order valence-electron chi connectivity index (χ3n) is 4.64. The summed E-state index contributed by atoms with van der Waals surface area (Å²) in [6, 6.07) is 16.0. The summed E-state index contributed by atoms with van der Waals surface area (Å²) >= 11 is 1.80. The van der Waals surface area contributed by atoms with Crippen LogP contribution in [0.15, 0.2) is 63.1 Å². The lowest BCUT2D eigenvalue weighted by atomic mass is 10.0. The Hall–Kier alpha value is -2.43. The lowest BCUT2D eigenvalue weighted by Crippen LogP contribution is -3.06. The molecule has 0 radical (unpaired) electrons. The molecular weight excluding hydrogens is 330 g/mol. The Balaban J connectivity index is 1.79. The van der Waals surface area contributed by atoms with Crippen LogP contribution in [0.5, 0.6) is 0 Å². The van der Waals surface area contributed by atoms with Gasteiger partial charge in [0, 0.05) is 17.0 Å². The van der Waals surface area contributed by atoms with Crippen LogP contribution in [0.4, 0.5) is 0 Å². The number of benzene rings is 2. The van der Waals surface area contributed by atoms with E-state index in [4.69, 9.17) is 4.42 Å². The van der Waals surface area contributed by atoms with Gasteiger partial charge >= 0.3 is 5.63 Å². The molecule has 1 atom stereocenters. The molecule has 3 nitrogen and oxygen atoms in total. The number of rotatable bonds is 4. The van der Waals surface area contributed by atoms with E-state index in [1.165, 1.54) is 15.3 Å². The van der Waals surface area contributed by atoms with Crippen molar-refractivity contribution >= 4 is 33.1 Å². The monoisotopic (exact) mass is 350 g/mol. The molecule has 0 aliphatic carbocycles. The molecule has 1 N–H and O–H groups in total. The van der Waals surface area contributed by atoms with Crippen LogP contribution in [0.1, 0.15) is 16.0 Å². The molecule has 0 spiro atoms. The maximum absolute atomic E-state index is 12.0. The highest BCUT2D eigenvalue weighted by molar-refractivity contribution is 7.10. The van der Waals surface area contributed by atoms with Gasteiger partial charge in [0.1, 0.15) is 18.7 Å².